The van der Waals surface area contributed by atoms with Crippen LogP contribution in [0.5, 0.6) is 0 Å². The normalized spacial score (nSPS) is 17.8. The SMILES string of the molecule is Cc1cc(N2CCC[C@H]2c2nc(C(C)C)no2)nc2cc(F)ccc12. The average Bonchev–Trinajstić information content (AvgIpc) is 3.23. The number of pyridine rings is 1. The molecule has 130 valence electrons. The summed E-state index contributed by atoms with van der Waals surface area (Å²) in [6.07, 6.45) is 1.98. The number of fused-ring (bicyclic) bond motifs is 1. The second kappa shape index (κ2) is 6.10. The predicted octanol–water partition coefficient (Wildman–Crippen LogP) is 4.53. The van der Waals surface area contributed by atoms with Crippen LogP contribution in [0.2, 0.25) is 0 Å². The van der Waals surface area contributed by atoms with Gasteiger partial charge in [-0.15, -0.1) is 0 Å². The number of nitrogens with zero attached hydrogens (tertiary/aromatic N) is 4. The molecule has 3 aromatic rings. The fraction of sp³-hybridized carbons (Fsp3) is 0.421. The molecular formula is C19H21FN4O. The monoisotopic (exact) mass is 340 g/mol. The standard InChI is InChI=1S/C19H21FN4O/c1-11(2)18-22-19(25-23-18)16-5-4-8-24(16)17-9-12(3)14-7-6-13(20)10-15(14)21-17/h6-7,9-11,16H,4-5,8H2,1-3H3/t16-/m0/s1. The lowest BCUT2D eigenvalue weighted by Crippen LogP contribution is -2.24. The minimum absolute atomic E-state index is 0.0258. The van der Waals surface area contributed by atoms with Crippen LogP contribution in [-0.4, -0.2) is 21.7 Å². The van der Waals surface area contributed by atoms with Gasteiger partial charge in [0, 0.05) is 23.9 Å². The summed E-state index contributed by atoms with van der Waals surface area (Å²) in [7, 11) is 0. The summed E-state index contributed by atoms with van der Waals surface area (Å²) >= 11 is 0. The van der Waals surface area contributed by atoms with E-state index in [2.05, 4.69) is 21.1 Å². The molecule has 0 bridgehead atoms. The zero-order valence-corrected chi connectivity index (χ0v) is 14.7. The average molecular weight is 340 g/mol. The third-order valence-electron chi connectivity index (χ3n) is 4.77. The quantitative estimate of drug-likeness (QED) is 0.701. The van der Waals surface area contributed by atoms with Crippen LogP contribution in [0, 0.1) is 12.7 Å². The Labute approximate surface area is 145 Å². The lowest BCUT2D eigenvalue weighted by atomic mass is 10.1. The van der Waals surface area contributed by atoms with E-state index in [0.29, 0.717) is 11.4 Å². The molecule has 1 aromatic carbocycles. The summed E-state index contributed by atoms with van der Waals surface area (Å²) < 4.78 is 19.1. The highest BCUT2D eigenvalue weighted by molar-refractivity contribution is 5.84. The molecule has 6 heteroatoms. The summed E-state index contributed by atoms with van der Waals surface area (Å²) in [5.41, 5.74) is 1.76. The van der Waals surface area contributed by atoms with E-state index < -0.39 is 0 Å². The van der Waals surface area contributed by atoms with Crippen LogP contribution in [0.15, 0.2) is 28.8 Å². The van der Waals surface area contributed by atoms with Crippen molar-refractivity contribution < 1.29 is 8.91 Å². The van der Waals surface area contributed by atoms with Crippen molar-refractivity contribution >= 4 is 16.7 Å². The van der Waals surface area contributed by atoms with E-state index in [0.717, 1.165) is 42.0 Å². The molecule has 0 radical (unpaired) electrons. The van der Waals surface area contributed by atoms with E-state index in [1.165, 1.54) is 12.1 Å². The molecule has 1 aliphatic rings. The molecule has 0 aliphatic carbocycles. The highest BCUT2D eigenvalue weighted by Gasteiger charge is 2.32. The Morgan fingerprint density at radius 2 is 2.08 bits per heavy atom. The van der Waals surface area contributed by atoms with Gasteiger partial charge in [-0.2, -0.15) is 4.98 Å². The minimum atomic E-state index is -0.270. The van der Waals surface area contributed by atoms with Crippen LogP contribution >= 0.6 is 0 Å². The van der Waals surface area contributed by atoms with E-state index in [1.54, 1.807) is 6.07 Å². The van der Waals surface area contributed by atoms with Gasteiger partial charge in [0.1, 0.15) is 17.7 Å². The first-order valence-electron chi connectivity index (χ1n) is 8.70. The van der Waals surface area contributed by atoms with Crippen LogP contribution in [0.1, 0.15) is 55.9 Å². The molecule has 4 rings (SSSR count). The molecule has 0 amide bonds. The Bertz CT molecular complexity index is 921. The summed E-state index contributed by atoms with van der Waals surface area (Å²) in [6.45, 7) is 6.99. The Kier molecular flexibility index (Phi) is 3.90. The number of benzene rings is 1. The highest BCUT2D eigenvalue weighted by Crippen LogP contribution is 2.36. The maximum atomic E-state index is 13.6. The van der Waals surface area contributed by atoms with E-state index in [9.17, 15) is 4.39 Å². The van der Waals surface area contributed by atoms with Crippen molar-refractivity contribution in [3.8, 4) is 0 Å². The predicted molar refractivity (Wildman–Crippen MR) is 94.1 cm³/mol. The van der Waals surface area contributed by atoms with Gasteiger partial charge in [0.15, 0.2) is 5.82 Å². The van der Waals surface area contributed by atoms with Crippen molar-refractivity contribution in [2.75, 3.05) is 11.4 Å². The number of rotatable bonds is 3. The van der Waals surface area contributed by atoms with E-state index in [1.807, 2.05) is 20.8 Å². The van der Waals surface area contributed by atoms with Gasteiger partial charge >= 0.3 is 0 Å². The van der Waals surface area contributed by atoms with Crippen molar-refractivity contribution in [2.45, 2.75) is 45.6 Å². The maximum absolute atomic E-state index is 13.6. The number of hydrogen-bond donors (Lipinski definition) is 0. The third-order valence-corrected chi connectivity index (χ3v) is 4.77. The molecule has 25 heavy (non-hydrogen) atoms. The molecule has 0 saturated carbocycles. The fourth-order valence-electron chi connectivity index (χ4n) is 3.42. The number of hydrogen-bond acceptors (Lipinski definition) is 5. The van der Waals surface area contributed by atoms with Crippen LogP contribution < -0.4 is 4.90 Å². The Morgan fingerprint density at radius 3 is 2.84 bits per heavy atom. The third kappa shape index (κ3) is 2.86. The van der Waals surface area contributed by atoms with Crippen LogP contribution in [0.3, 0.4) is 0 Å². The molecule has 1 fully saturated rings. The summed E-state index contributed by atoms with van der Waals surface area (Å²) in [5.74, 6) is 2.17. The number of aryl methyl sites for hydroxylation is 1. The Balaban J connectivity index is 1.73. The largest absolute Gasteiger partial charge is 0.345 e. The molecule has 0 N–H and O–H groups in total. The molecular weight excluding hydrogens is 319 g/mol. The molecule has 0 unspecified atom stereocenters. The van der Waals surface area contributed by atoms with Crippen LogP contribution in [0.4, 0.5) is 10.2 Å². The summed E-state index contributed by atoms with van der Waals surface area (Å²) in [4.78, 5) is 11.4. The highest BCUT2D eigenvalue weighted by atomic mass is 19.1. The Morgan fingerprint density at radius 1 is 1.24 bits per heavy atom. The summed E-state index contributed by atoms with van der Waals surface area (Å²) in [5, 5.41) is 5.06. The summed E-state index contributed by atoms with van der Waals surface area (Å²) in [6, 6.07) is 6.82. The molecule has 1 aliphatic heterocycles. The van der Waals surface area contributed by atoms with Crippen molar-refractivity contribution in [3.63, 3.8) is 0 Å². The van der Waals surface area contributed by atoms with E-state index in [-0.39, 0.29) is 17.8 Å². The first kappa shape index (κ1) is 16.0. The molecule has 1 atom stereocenters. The smallest absolute Gasteiger partial charge is 0.249 e. The van der Waals surface area contributed by atoms with Gasteiger partial charge in [-0.1, -0.05) is 19.0 Å². The van der Waals surface area contributed by atoms with Gasteiger partial charge in [0.25, 0.3) is 0 Å². The zero-order valence-electron chi connectivity index (χ0n) is 14.7. The molecule has 2 aromatic heterocycles. The van der Waals surface area contributed by atoms with Gasteiger partial charge in [-0.25, -0.2) is 9.37 Å². The van der Waals surface area contributed by atoms with Crippen molar-refractivity contribution in [3.05, 3.63) is 47.4 Å². The molecule has 0 spiro atoms. The van der Waals surface area contributed by atoms with Crippen molar-refractivity contribution in [1.29, 1.82) is 0 Å². The van der Waals surface area contributed by atoms with Crippen molar-refractivity contribution in [2.24, 2.45) is 0 Å². The lowest BCUT2D eigenvalue weighted by molar-refractivity contribution is 0.349. The maximum Gasteiger partial charge on any atom is 0.249 e. The molecule has 5 nitrogen and oxygen atoms in total. The lowest BCUT2D eigenvalue weighted by Gasteiger charge is -2.23. The van der Waals surface area contributed by atoms with Gasteiger partial charge in [0.05, 0.1) is 5.52 Å². The van der Waals surface area contributed by atoms with Crippen LogP contribution in [0.25, 0.3) is 10.9 Å². The minimum Gasteiger partial charge on any atom is -0.345 e. The molecule has 1 saturated heterocycles. The zero-order chi connectivity index (χ0) is 17.6. The van der Waals surface area contributed by atoms with Crippen LogP contribution in [-0.2, 0) is 0 Å². The van der Waals surface area contributed by atoms with Gasteiger partial charge in [-0.05, 0) is 43.5 Å². The molecule has 3 heterocycles. The topological polar surface area (TPSA) is 55.1 Å². The van der Waals surface area contributed by atoms with Gasteiger partial charge in [0.2, 0.25) is 5.89 Å². The second-order valence-corrected chi connectivity index (χ2v) is 6.96. The fourth-order valence-corrected chi connectivity index (χ4v) is 3.42. The first-order valence-corrected chi connectivity index (χ1v) is 8.70. The number of aromatic nitrogens is 3. The number of halogens is 1. The second-order valence-electron chi connectivity index (χ2n) is 6.96. The van der Waals surface area contributed by atoms with E-state index >= 15 is 0 Å². The van der Waals surface area contributed by atoms with E-state index in [4.69, 9.17) is 9.51 Å². The number of anilines is 1. The van der Waals surface area contributed by atoms with Gasteiger partial charge in [-0.3, -0.25) is 0 Å². The van der Waals surface area contributed by atoms with Crippen molar-refractivity contribution in [1.82, 2.24) is 15.1 Å². The van der Waals surface area contributed by atoms with Gasteiger partial charge < -0.3 is 9.42 Å². The first-order chi connectivity index (χ1) is 12.0. The Hall–Kier alpha value is -2.50.